The summed E-state index contributed by atoms with van der Waals surface area (Å²) in [5, 5.41) is 24.4. The van der Waals surface area contributed by atoms with Crippen molar-refractivity contribution in [1.82, 2.24) is 20.2 Å². The van der Waals surface area contributed by atoms with Crippen molar-refractivity contribution < 1.29 is 17.9 Å². The van der Waals surface area contributed by atoms with Crippen LogP contribution in [0.15, 0.2) is 70.1 Å². The number of hydrogen-bond acceptors (Lipinski definition) is 10. The van der Waals surface area contributed by atoms with Gasteiger partial charge in [-0.15, -0.1) is 10.2 Å². The van der Waals surface area contributed by atoms with Crippen LogP contribution >= 0.6 is 0 Å². The van der Waals surface area contributed by atoms with Gasteiger partial charge >= 0.3 is 0 Å². The first-order valence-electron chi connectivity index (χ1n) is 10.6. The molecule has 0 fully saturated rings. The molecule has 0 radical (unpaired) electrons. The summed E-state index contributed by atoms with van der Waals surface area (Å²) in [5.41, 5.74) is 1.97. The van der Waals surface area contributed by atoms with Gasteiger partial charge in [0.05, 0.1) is 23.1 Å². The second-order valence-electron chi connectivity index (χ2n) is 7.52. The molecule has 3 N–H and O–H groups in total. The van der Waals surface area contributed by atoms with Crippen molar-refractivity contribution in [3.8, 4) is 11.5 Å². The Bertz CT molecular complexity index is 1360. The molecule has 0 saturated carbocycles. The molecule has 4 rings (SSSR count). The molecular formula is C23H24N6O4S. The zero-order chi connectivity index (χ0) is 24.1. The molecule has 0 unspecified atom stereocenters. The van der Waals surface area contributed by atoms with Gasteiger partial charge in [-0.1, -0.05) is 37.3 Å². The van der Waals surface area contributed by atoms with E-state index in [0.29, 0.717) is 29.4 Å². The smallest absolute Gasteiger partial charge is 0.253 e. The first-order valence-corrected chi connectivity index (χ1v) is 12.5. The van der Waals surface area contributed by atoms with Gasteiger partial charge < -0.3 is 20.2 Å². The molecule has 2 aromatic carbocycles. The SMILES string of the molecule is CCc1nnc(-c2cnc(Nc3ccc(S(C)(=O)=O)cc3)nc2N[C@H](CO)c2ccccc2)o1. The fraction of sp³-hybridized carbons (Fsp3) is 0.217. The molecule has 0 spiro atoms. The largest absolute Gasteiger partial charge is 0.421 e. The van der Waals surface area contributed by atoms with E-state index in [1.54, 1.807) is 18.3 Å². The molecule has 0 amide bonds. The highest BCUT2D eigenvalue weighted by Gasteiger charge is 2.19. The third kappa shape index (κ3) is 5.38. The van der Waals surface area contributed by atoms with Crippen molar-refractivity contribution in [3.05, 3.63) is 72.2 Å². The van der Waals surface area contributed by atoms with Crippen LogP contribution in [0.2, 0.25) is 0 Å². The number of aliphatic hydroxyl groups excluding tert-OH is 1. The predicted octanol–water partition coefficient (Wildman–Crippen LogP) is 3.38. The minimum Gasteiger partial charge on any atom is -0.421 e. The Morgan fingerprint density at radius 1 is 1.06 bits per heavy atom. The summed E-state index contributed by atoms with van der Waals surface area (Å²) >= 11 is 0. The van der Waals surface area contributed by atoms with Crippen LogP contribution < -0.4 is 10.6 Å². The first-order chi connectivity index (χ1) is 16.4. The van der Waals surface area contributed by atoms with Gasteiger partial charge in [-0.25, -0.2) is 13.4 Å². The van der Waals surface area contributed by atoms with Gasteiger partial charge in [-0.3, -0.25) is 0 Å². The molecule has 34 heavy (non-hydrogen) atoms. The molecule has 2 aromatic heterocycles. The third-order valence-corrected chi connectivity index (χ3v) is 6.15. The lowest BCUT2D eigenvalue weighted by molar-refractivity contribution is 0.276. The van der Waals surface area contributed by atoms with Gasteiger partial charge in [0, 0.05) is 24.6 Å². The topological polar surface area (TPSA) is 143 Å². The number of nitrogens with one attached hydrogen (secondary N) is 2. The van der Waals surface area contributed by atoms with Gasteiger partial charge in [0.15, 0.2) is 9.84 Å². The molecule has 11 heteroatoms. The average molecular weight is 481 g/mol. The normalized spacial score (nSPS) is 12.3. The number of anilines is 3. The molecule has 10 nitrogen and oxygen atoms in total. The van der Waals surface area contributed by atoms with Crippen LogP contribution in [0.25, 0.3) is 11.5 Å². The Kier molecular flexibility index (Phi) is 6.85. The number of nitrogens with zero attached hydrogens (tertiary/aromatic N) is 4. The molecule has 4 aromatic rings. The van der Waals surface area contributed by atoms with Crippen molar-refractivity contribution >= 4 is 27.3 Å². The van der Waals surface area contributed by atoms with Crippen molar-refractivity contribution in [1.29, 1.82) is 0 Å². The first kappa shape index (κ1) is 23.3. The lowest BCUT2D eigenvalue weighted by Gasteiger charge is -2.19. The van der Waals surface area contributed by atoms with Crippen LogP contribution in [-0.4, -0.2) is 46.6 Å². The summed E-state index contributed by atoms with van der Waals surface area (Å²) < 4.78 is 29.1. The van der Waals surface area contributed by atoms with E-state index < -0.39 is 15.9 Å². The molecule has 0 aliphatic carbocycles. The summed E-state index contributed by atoms with van der Waals surface area (Å²) in [6.45, 7) is 1.74. The molecule has 0 saturated heterocycles. The predicted molar refractivity (Wildman–Crippen MR) is 127 cm³/mol. The number of hydrogen-bond donors (Lipinski definition) is 3. The Balaban J connectivity index is 1.68. The summed E-state index contributed by atoms with van der Waals surface area (Å²) in [4.78, 5) is 9.14. The van der Waals surface area contributed by atoms with E-state index in [0.717, 1.165) is 11.8 Å². The fourth-order valence-corrected chi connectivity index (χ4v) is 3.84. The highest BCUT2D eigenvalue weighted by atomic mass is 32.2. The van der Waals surface area contributed by atoms with Crippen LogP contribution in [0.5, 0.6) is 0 Å². The van der Waals surface area contributed by atoms with Gasteiger partial charge in [-0.2, -0.15) is 4.98 Å². The maximum Gasteiger partial charge on any atom is 0.253 e. The number of benzene rings is 2. The lowest BCUT2D eigenvalue weighted by Crippen LogP contribution is -2.17. The second-order valence-corrected chi connectivity index (χ2v) is 9.54. The number of sulfone groups is 1. The summed E-state index contributed by atoms with van der Waals surface area (Å²) in [7, 11) is -3.29. The molecule has 0 bridgehead atoms. The molecule has 1 atom stereocenters. The average Bonchev–Trinajstić information content (AvgIpc) is 3.32. The molecule has 176 valence electrons. The number of aliphatic hydroxyl groups is 1. The quantitative estimate of drug-likeness (QED) is 0.326. The number of rotatable bonds is 9. The highest BCUT2D eigenvalue weighted by Crippen LogP contribution is 2.30. The van der Waals surface area contributed by atoms with Crippen LogP contribution in [-0.2, 0) is 16.3 Å². The van der Waals surface area contributed by atoms with E-state index in [-0.39, 0.29) is 23.3 Å². The Morgan fingerprint density at radius 2 is 1.79 bits per heavy atom. The van der Waals surface area contributed by atoms with Gasteiger partial charge in [0.25, 0.3) is 5.89 Å². The summed E-state index contributed by atoms with van der Waals surface area (Å²) in [5.74, 6) is 1.39. The molecule has 0 aliphatic rings. The van der Waals surface area contributed by atoms with Crippen LogP contribution in [0.4, 0.5) is 17.5 Å². The van der Waals surface area contributed by atoms with Gasteiger partial charge in [0.1, 0.15) is 5.82 Å². The minimum atomic E-state index is -3.29. The van der Waals surface area contributed by atoms with Crippen molar-refractivity contribution in [2.24, 2.45) is 0 Å². The van der Waals surface area contributed by atoms with E-state index in [9.17, 15) is 13.5 Å². The van der Waals surface area contributed by atoms with Crippen molar-refractivity contribution in [2.75, 3.05) is 23.5 Å². The van der Waals surface area contributed by atoms with E-state index in [4.69, 9.17) is 4.42 Å². The standard InChI is InChI=1S/C23H24N6O4S/c1-3-20-28-29-22(33-20)18-13-24-23(25-16-9-11-17(12-10-16)34(2,31)32)27-21(18)26-19(14-30)15-7-5-4-6-8-15/h4-13,19,30H,3,14H2,1-2H3,(H2,24,25,26,27)/t19-/m1/s1. The summed E-state index contributed by atoms with van der Waals surface area (Å²) in [6.07, 6.45) is 3.29. The molecule has 2 heterocycles. The zero-order valence-corrected chi connectivity index (χ0v) is 19.5. The van der Waals surface area contributed by atoms with Gasteiger partial charge in [-0.05, 0) is 29.8 Å². The zero-order valence-electron chi connectivity index (χ0n) is 18.6. The van der Waals surface area contributed by atoms with Crippen LogP contribution in [0.1, 0.15) is 24.4 Å². The Labute approximate surface area is 197 Å². The monoisotopic (exact) mass is 480 g/mol. The minimum absolute atomic E-state index is 0.173. The lowest BCUT2D eigenvalue weighted by atomic mass is 10.1. The Hall–Kier alpha value is -3.83. The van der Waals surface area contributed by atoms with Crippen molar-refractivity contribution in [3.63, 3.8) is 0 Å². The van der Waals surface area contributed by atoms with E-state index in [1.165, 1.54) is 12.1 Å². The van der Waals surface area contributed by atoms with E-state index >= 15 is 0 Å². The molecule has 0 aliphatic heterocycles. The Morgan fingerprint density at radius 3 is 2.41 bits per heavy atom. The maximum absolute atomic E-state index is 11.7. The van der Waals surface area contributed by atoms with Gasteiger partial charge in [0.2, 0.25) is 11.8 Å². The van der Waals surface area contributed by atoms with E-state index in [1.807, 2.05) is 37.3 Å². The highest BCUT2D eigenvalue weighted by molar-refractivity contribution is 7.90. The maximum atomic E-state index is 11.7. The second kappa shape index (κ2) is 9.98. The molecular weight excluding hydrogens is 456 g/mol. The van der Waals surface area contributed by atoms with Crippen LogP contribution in [0.3, 0.4) is 0 Å². The third-order valence-electron chi connectivity index (χ3n) is 5.02. The summed E-state index contributed by atoms with van der Waals surface area (Å²) in [6, 6.07) is 15.3. The van der Waals surface area contributed by atoms with Crippen LogP contribution in [0, 0.1) is 0 Å². The number of aryl methyl sites for hydroxylation is 1. The van der Waals surface area contributed by atoms with Crippen molar-refractivity contribution in [2.45, 2.75) is 24.3 Å². The van der Waals surface area contributed by atoms with E-state index in [2.05, 4.69) is 30.8 Å². The number of aromatic nitrogens is 4. The fourth-order valence-electron chi connectivity index (χ4n) is 3.21.